The summed E-state index contributed by atoms with van der Waals surface area (Å²) in [6.07, 6.45) is -4.15. The van der Waals surface area contributed by atoms with Gasteiger partial charge in [-0.15, -0.1) is 0 Å². The standard InChI is InChI=1S/C27H26F3N3O4/c1-36-21-12-8-19(9-13-21)24(34)33-26(14-15-37-17-26)25(35)31-16-18-6-10-20(11-7-18)32-23-5-3-2-4-22(23)27(28,29)30/h2-13,32H,14-17H2,1H3,(H,31,35)(H,33,34). The van der Waals surface area contributed by atoms with Crippen molar-refractivity contribution in [3.8, 4) is 5.75 Å². The SMILES string of the molecule is COc1ccc(C(=O)NC2(C(=O)NCc3ccc(Nc4ccccc4C(F)(F)F)cc3)CCOC2)cc1. The molecule has 2 amide bonds. The van der Waals surface area contributed by atoms with E-state index in [4.69, 9.17) is 9.47 Å². The molecule has 1 fully saturated rings. The van der Waals surface area contributed by atoms with Crippen LogP contribution in [0, 0.1) is 0 Å². The van der Waals surface area contributed by atoms with Gasteiger partial charge in [0.1, 0.15) is 11.3 Å². The first-order valence-corrected chi connectivity index (χ1v) is 11.5. The molecule has 1 aliphatic rings. The second-order valence-electron chi connectivity index (χ2n) is 8.62. The van der Waals surface area contributed by atoms with Crippen LogP contribution in [-0.4, -0.2) is 37.7 Å². The maximum absolute atomic E-state index is 13.2. The van der Waals surface area contributed by atoms with E-state index in [1.807, 2.05) is 0 Å². The van der Waals surface area contributed by atoms with Gasteiger partial charge in [-0.05, 0) is 54.1 Å². The van der Waals surface area contributed by atoms with Gasteiger partial charge in [0.2, 0.25) is 5.91 Å². The number of amides is 2. The van der Waals surface area contributed by atoms with E-state index < -0.39 is 23.2 Å². The van der Waals surface area contributed by atoms with E-state index in [2.05, 4.69) is 16.0 Å². The quantitative estimate of drug-likeness (QED) is 0.408. The second kappa shape index (κ2) is 10.9. The Kier molecular flexibility index (Phi) is 7.68. The summed E-state index contributed by atoms with van der Waals surface area (Å²) in [5.41, 5.74) is -0.424. The minimum atomic E-state index is -4.48. The Hall–Kier alpha value is -4.05. The molecule has 1 atom stereocenters. The number of anilines is 2. The zero-order chi connectivity index (χ0) is 26.5. The summed E-state index contributed by atoms with van der Waals surface area (Å²) in [5.74, 6) is -0.176. The molecule has 0 aromatic heterocycles. The predicted molar refractivity (Wildman–Crippen MR) is 132 cm³/mol. The largest absolute Gasteiger partial charge is 0.497 e. The molecule has 7 nitrogen and oxygen atoms in total. The normalized spacial score (nSPS) is 17.2. The fraction of sp³-hybridized carbons (Fsp3) is 0.259. The maximum atomic E-state index is 13.2. The highest BCUT2D eigenvalue weighted by Crippen LogP contribution is 2.35. The first-order valence-electron chi connectivity index (χ1n) is 11.5. The van der Waals surface area contributed by atoms with E-state index >= 15 is 0 Å². The molecule has 0 aliphatic carbocycles. The highest BCUT2D eigenvalue weighted by atomic mass is 19.4. The third kappa shape index (κ3) is 6.21. The van der Waals surface area contributed by atoms with Crippen LogP contribution in [-0.2, 0) is 22.3 Å². The Morgan fingerprint density at radius 3 is 2.32 bits per heavy atom. The van der Waals surface area contributed by atoms with Crippen LogP contribution >= 0.6 is 0 Å². The van der Waals surface area contributed by atoms with Crippen molar-refractivity contribution < 1.29 is 32.2 Å². The minimum absolute atomic E-state index is 0.0438. The molecule has 3 aromatic rings. The predicted octanol–water partition coefficient (Wildman–Crippen LogP) is 4.66. The van der Waals surface area contributed by atoms with Crippen LogP contribution in [0.5, 0.6) is 5.75 Å². The van der Waals surface area contributed by atoms with Crippen LogP contribution in [0.25, 0.3) is 0 Å². The van der Waals surface area contributed by atoms with E-state index in [1.165, 1.54) is 25.3 Å². The second-order valence-corrected chi connectivity index (χ2v) is 8.62. The number of carbonyl (C=O) groups excluding carboxylic acids is 2. The van der Waals surface area contributed by atoms with Gasteiger partial charge in [0.05, 0.1) is 25.0 Å². The number of benzene rings is 3. The van der Waals surface area contributed by atoms with E-state index in [9.17, 15) is 22.8 Å². The molecule has 1 saturated heterocycles. The topological polar surface area (TPSA) is 88.7 Å². The van der Waals surface area contributed by atoms with Crippen molar-refractivity contribution in [3.05, 3.63) is 89.5 Å². The number of rotatable bonds is 8. The number of nitrogens with one attached hydrogen (secondary N) is 3. The number of methoxy groups -OCH3 is 1. The van der Waals surface area contributed by atoms with Crippen molar-refractivity contribution in [2.75, 3.05) is 25.6 Å². The highest BCUT2D eigenvalue weighted by Gasteiger charge is 2.43. The van der Waals surface area contributed by atoms with Crippen LogP contribution < -0.4 is 20.7 Å². The van der Waals surface area contributed by atoms with Crippen LogP contribution in [0.3, 0.4) is 0 Å². The van der Waals surface area contributed by atoms with Crippen LogP contribution in [0.4, 0.5) is 24.5 Å². The Labute approximate surface area is 212 Å². The zero-order valence-electron chi connectivity index (χ0n) is 20.0. The Balaban J connectivity index is 1.38. The van der Waals surface area contributed by atoms with E-state index in [1.54, 1.807) is 48.5 Å². The average Bonchev–Trinajstić information content (AvgIpc) is 3.37. The molecule has 0 saturated carbocycles. The van der Waals surface area contributed by atoms with Crippen LogP contribution in [0.1, 0.15) is 27.9 Å². The number of hydrogen-bond donors (Lipinski definition) is 3. The molecule has 3 N–H and O–H groups in total. The minimum Gasteiger partial charge on any atom is -0.497 e. The molecule has 3 aromatic carbocycles. The number of para-hydroxylation sites is 1. The van der Waals surface area contributed by atoms with E-state index in [-0.39, 0.29) is 24.7 Å². The van der Waals surface area contributed by atoms with Crippen molar-refractivity contribution in [1.82, 2.24) is 10.6 Å². The van der Waals surface area contributed by atoms with E-state index in [0.717, 1.165) is 11.6 Å². The Morgan fingerprint density at radius 1 is 1.00 bits per heavy atom. The Bertz CT molecular complexity index is 1240. The van der Waals surface area contributed by atoms with Crippen molar-refractivity contribution in [2.45, 2.75) is 24.7 Å². The van der Waals surface area contributed by atoms with Gasteiger partial charge in [0.15, 0.2) is 0 Å². The highest BCUT2D eigenvalue weighted by molar-refractivity contribution is 5.99. The van der Waals surface area contributed by atoms with Gasteiger partial charge in [0, 0.05) is 30.8 Å². The lowest BCUT2D eigenvalue weighted by Crippen LogP contribution is -2.59. The molecule has 10 heteroatoms. The van der Waals surface area contributed by atoms with Crippen molar-refractivity contribution >= 4 is 23.2 Å². The summed E-state index contributed by atoms with van der Waals surface area (Å²) in [4.78, 5) is 25.9. The van der Waals surface area contributed by atoms with Crippen LogP contribution in [0.15, 0.2) is 72.8 Å². The molecule has 194 valence electrons. The number of carbonyl (C=O) groups is 2. The van der Waals surface area contributed by atoms with Gasteiger partial charge in [-0.25, -0.2) is 0 Å². The third-order valence-corrected chi connectivity index (χ3v) is 6.08. The van der Waals surface area contributed by atoms with Gasteiger partial charge in [-0.2, -0.15) is 13.2 Å². The average molecular weight is 514 g/mol. The fourth-order valence-electron chi connectivity index (χ4n) is 3.98. The van der Waals surface area contributed by atoms with Gasteiger partial charge < -0.3 is 25.4 Å². The molecular weight excluding hydrogens is 487 g/mol. The lowest BCUT2D eigenvalue weighted by Gasteiger charge is -2.27. The number of hydrogen-bond acceptors (Lipinski definition) is 5. The summed E-state index contributed by atoms with van der Waals surface area (Å²) >= 11 is 0. The van der Waals surface area contributed by atoms with Gasteiger partial charge >= 0.3 is 6.18 Å². The smallest absolute Gasteiger partial charge is 0.418 e. The first-order chi connectivity index (χ1) is 17.7. The summed E-state index contributed by atoms with van der Waals surface area (Å²) in [7, 11) is 1.53. The number of ether oxygens (including phenoxy) is 2. The molecule has 0 bridgehead atoms. The third-order valence-electron chi connectivity index (χ3n) is 6.08. The molecule has 1 unspecified atom stereocenters. The molecule has 37 heavy (non-hydrogen) atoms. The molecule has 1 heterocycles. The molecule has 0 radical (unpaired) electrons. The zero-order valence-corrected chi connectivity index (χ0v) is 20.0. The molecule has 4 rings (SSSR count). The summed E-state index contributed by atoms with van der Waals surface area (Å²) < 4.78 is 50.2. The lowest BCUT2D eigenvalue weighted by atomic mass is 9.96. The van der Waals surface area contributed by atoms with E-state index in [0.29, 0.717) is 30.0 Å². The maximum Gasteiger partial charge on any atom is 0.418 e. The number of alkyl halides is 3. The van der Waals surface area contributed by atoms with Gasteiger partial charge in [-0.1, -0.05) is 24.3 Å². The molecular formula is C27H26F3N3O4. The van der Waals surface area contributed by atoms with Crippen LogP contribution in [0.2, 0.25) is 0 Å². The fourth-order valence-corrected chi connectivity index (χ4v) is 3.98. The molecule has 1 aliphatic heterocycles. The summed E-state index contributed by atoms with van der Waals surface area (Å²) in [6.45, 7) is 0.538. The summed E-state index contributed by atoms with van der Waals surface area (Å²) in [6, 6.07) is 18.4. The van der Waals surface area contributed by atoms with Crippen molar-refractivity contribution in [1.29, 1.82) is 0 Å². The van der Waals surface area contributed by atoms with Crippen molar-refractivity contribution in [3.63, 3.8) is 0 Å². The number of halogens is 3. The first kappa shape index (κ1) is 26.0. The van der Waals surface area contributed by atoms with Gasteiger partial charge in [0.25, 0.3) is 5.91 Å². The van der Waals surface area contributed by atoms with Gasteiger partial charge in [-0.3, -0.25) is 9.59 Å². The summed E-state index contributed by atoms with van der Waals surface area (Å²) in [5, 5.41) is 8.44. The Morgan fingerprint density at radius 2 is 1.70 bits per heavy atom. The monoisotopic (exact) mass is 513 g/mol. The van der Waals surface area contributed by atoms with Crippen molar-refractivity contribution in [2.24, 2.45) is 0 Å². The molecule has 0 spiro atoms. The lowest BCUT2D eigenvalue weighted by molar-refractivity contribution is -0.137.